The van der Waals surface area contributed by atoms with Crippen molar-refractivity contribution in [3.05, 3.63) is 24.3 Å². The second-order valence-electron chi connectivity index (χ2n) is 3.19. The average Bonchev–Trinajstić information content (AvgIpc) is 2.82. The maximum absolute atomic E-state index is 10.9. The first-order chi connectivity index (χ1) is 7.79. The lowest BCUT2D eigenvalue weighted by molar-refractivity contribution is 0.374. The molecular formula is C10H16N3O2S-. The maximum Gasteiger partial charge on any atom is 0.115 e. The highest BCUT2D eigenvalue weighted by atomic mass is 32.2. The molecule has 2 heterocycles. The molecule has 0 bridgehead atoms. The molecule has 0 radical (unpaired) electrons. The van der Waals surface area contributed by atoms with Crippen LogP contribution in [0.3, 0.4) is 0 Å². The van der Waals surface area contributed by atoms with Crippen molar-refractivity contribution in [1.29, 1.82) is 0 Å². The molecule has 0 aromatic carbocycles. The predicted molar refractivity (Wildman–Crippen MR) is 61.0 cm³/mol. The van der Waals surface area contributed by atoms with Crippen LogP contribution in [0.1, 0.15) is 38.3 Å². The molecule has 2 unspecified atom stereocenters. The van der Waals surface area contributed by atoms with E-state index in [9.17, 15) is 8.76 Å². The van der Waals surface area contributed by atoms with Crippen molar-refractivity contribution in [3.63, 3.8) is 0 Å². The first-order valence-corrected chi connectivity index (χ1v) is 6.43. The van der Waals surface area contributed by atoms with Crippen LogP contribution in [0.25, 0.3) is 0 Å². The summed E-state index contributed by atoms with van der Waals surface area (Å²) in [7, 11) is 0. The fourth-order valence-electron chi connectivity index (χ4n) is 1.73. The quantitative estimate of drug-likeness (QED) is 0.736. The van der Waals surface area contributed by atoms with Crippen molar-refractivity contribution < 1.29 is 8.76 Å². The predicted octanol–water partition coefficient (Wildman–Crippen LogP) is 1.43. The number of hydrogen-bond acceptors (Lipinski definition) is 4. The van der Waals surface area contributed by atoms with Gasteiger partial charge in [-0.3, -0.25) is 4.21 Å². The third kappa shape index (κ3) is 3.07. The number of nitrogens with zero attached hydrogens (tertiary/aromatic N) is 3. The molecule has 0 N–H and O–H groups in total. The van der Waals surface area contributed by atoms with Crippen LogP contribution >= 0.6 is 0 Å². The van der Waals surface area contributed by atoms with Gasteiger partial charge in [0.1, 0.15) is 6.33 Å². The zero-order valence-corrected chi connectivity index (χ0v) is 10.3. The van der Waals surface area contributed by atoms with Crippen LogP contribution in [0.4, 0.5) is 0 Å². The van der Waals surface area contributed by atoms with E-state index >= 15 is 0 Å². The van der Waals surface area contributed by atoms with Crippen LogP contribution in [0.5, 0.6) is 0 Å². The summed E-state index contributed by atoms with van der Waals surface area (Å²) < 4.78 is 23.2. The molecule has 0 saturated carbocycles. The van der Waals surface area contributed by atoms with Gasteiger partial charge in [-0.1, -0.05) is 13.8 Å². The van der Waals surface area contributed by atoms with Crippen LogP contribution in [0, 0.1) is 0 Å². The molecule has 16 heavy (non-hydrogen) atoms. The summed E-state index contributed by atoms with van der Waals surface area (Å²) in [6.45, 7) is 4.59. The van der Waals surface area contributed by atoms with Crippen LogP contribution in [-0.4, -0.2) is 29.6 Å². The lowest BCUT2D eigenvalue weighted by Crippen LogP contribution is -2.25. The molecule has 6 heteroatoms. The summed E-state index contributed by atoms with van der Waals surface area (Å²) in [6.07, 6.45) is 6.53. The molecule has 1 saturated heterocycles. The first kappa shape index (κ1) is 13.2. The van der Waals surface area contributed by atoms with E-state index in [4.69, 9.17) is 0 Å². The normalized spacial score (nSPS) is 22.3. The van der Waals surface area contributed by atoms with Crippen LogP contribution in [0.2, 0.25) is 0 Å². The van der Waals surface area contributed by atoms with Crippen molar-refractivity contribution in [3.8, 4) is 0 Å². The monoisotopic (exact) mass is 242 g/mol. The van der Waals surface area contributed by atoms with Gasteiger partial charge in [0.15, 0.2) is 0 Å². The van der Waals surface area contributed by atoms with Gasteiger partial charge >= 0.3 is 0 Å². The summed E-state index contributed by atoms with van der Waals surface area (Å²) in [5, 5.41) is 0. The Morgan fingerprint density at radius 1 is 1.44 bits per heavy atom. The number of rotatable bonds is 2. The Labute approximate surface area is 98.3 Å². The molecule has 0 spiro atoms. The lowest BCUT2D eigenvalue weighted by Gasteiger charge is -2.25. The first-order valence-electron chi connectivity index (χ1n) is 5.40. The van der Waals surface area contributed by atoms with Gasteiger partial charge in [-0.05, 0) is 12.8 Å². The van der Waals surface area contributed by atoms with Crippen LogP contribution < -0.4 is 0 Å². The fraction of sp³-hybridized carbons (Fsp3) is 0.600. The van der Waals surface area contributed by atoms with Gasteiger partial charge in [0.05, 0.1) is 0 Å². The molecule has 2 atom stereocenters. The van der Waals surface area contributed by atoms with Gasteiger partial charge in [-0.25, -0.2) is 14.3 Å². The average molecular weight is 242 g/mol. The van der Waals surface area contributed by atoms with Gasteiger partial charge in [-0.2, -0.15) is 0 Å². The van der Waals surface area contributed by atoms with Gasteiger partial charge < -0.3 is 4.55 Å². The van der Waals surface area contributed by atoms with E-state index in [0.717, 1.165) is 18.4 Å². The molecule has 1 aliphatic heterocycles. The second kappa shape index (κ2) is 6.67. The molecule has 5 nitrogen and oxygen atoms in total. The molecule has 1 aromatic heterocycles. The highest BCUT2D eigenvalue weighted by molar-refractivity contribution is 7.76. The Kier molecular flexibility index (Phi) is 5.51. The van der Waals surface area contributed by atoms with E-state index < -0.39 is 11.3 Å². The minimum Gasteiger partial charge on any atom is -0.760 e. The van der Waals surface area contributed by atoms with Gasteiger partial charge in [0, 0.05) is 41.8 Å². The van der Waals surface area contributed by atoms with E-state index in [0.29, 0.717) is 6.54 Å². The fourth-order valence-corrected chi connectivity index (χ4v) is 2.45. The Bertz CT molecular complexity index is 334. The van der Waals surface area contributed by atoms with Crippen molar-refractivity contribution in [2.45, 2.75) is 32.7 Å². The van der Waals surface area contributed by atoms with Crippen molar-refractivity contribution in [1.82, 2.24) is 14.3 Å². The summed E-state index contributed by atoms with van der Waals surface area (Å²) >= 11 is -2.14. The number of aromatic nitrogens is 2. The third-order valence-electron chi connectivity index (χ3n) is 2.36. The van der Waals surface area contributed by atoms with E-state index in [2.05, 4.69) is 9.97 Å². The Morgan fingerprint density at radius 2 is 2.06 bits per heavy atom. The zero-order valence-electron chi connectivity index (χ0n) is 9.50. The van der Waals surface area contributed by atoms with Crippen molar-refractivity contribution >= 4 is 11.3 Å². The molecule has 0 aliphatic carbocycles. The minimum absolute atomic E-state index is 0.0745. The third-order valence-corrected chi connectivity index (χ3v) is 3.18. The summed E-state index contributed by atoms with van der Waals surface area (Å²) in [4.78, 5) is 7.77. The standard InChI is InChI=1S/C8H11N3O2S.C2H6/c12-14(13)11-3-1-2-8(11)7-4-9-6-10-5-7;1-2/h4-6,8H,1-3H2,(H,12,13);1-2H3/p-1. The van der Waals surface area contributed by atoms with E-state index in [1.807, 2.05) is 13.8 Å². The summed E-state index contributed by atoms with van der Waals surface area (Å²) in [5.74, 6) is 0. The molecule has 0 amide bonds. The Hall–Kier alpha value is -0.850. The molecule has 90 valence electrons. The number of hydrogen-bond donors (Lipinski definition) is 0. The van der Waals surface area contributed by atoms with E-state index in [1.165, 1.54) is 10.6 Å². The molecule has 1 aromatic rings. The maximum atomic E-state index is 10.9. The summed E-state index contributed by atoms with van der Waals surface area (Å²) in [6, 6.07) is -0.0745. The van der Waals surface area contributed by atoms with Crippen LogP contribution in [0.15, 0.2) is 18.7 Å². The largest absolute Gasteiger partial charge is 0.760 e. The van der Waals surface area contributed by atoms with Crippen molar-refractivity contribution in [2.75, 3.05) is 6.54 Å². The van der Waals surface area contributed by atoms with E-state index in [1.54, 1.807) is 12.4 Å². The smallest absolute Gasteiger partial charge is 0.115 e. The minimum atomic E-state index is -2.14. The molecule has 2 rings (SSSR count). The highest BCUT2D eigenvalue weighted by Gasteiger charge is 2.26. The molecule has 1 aliphatic rings. The lowest BCUT2D eigenvalue weighted by atomic mass is 10.1. The van der Waals surface area contributed by atoms with Gasteiger partial charge in [0.25, 0.3) is 0 Å². The summed E-state index contributed by atoms with van der Waals surface area (Å²) in [5.41, 5.74) is 0.870. The van der Waals surface area contributed by atoms with Gasteiger partial charge in [0.2, 0.25) is 0 Å². The van der Waals surface area contributed by atoms with Crippen LogP contribution in [-0.2, 0) is 11.3 Å². The zero-order chi connectivity index (χ0) is 12.0. The topological polar surface area (TPSA) is 69.2 Å². The molecule has 1 fully saturated rings. The highest BCUT2D eigenvalue weighted by Crippen LogP contribution is 2.31. The van der Waals surface area contributed by atoms with Crippen molar-refractivity contribution in [2.24, 2.45) is 0 Å². The van der Waals surface area contributed by atoms with Gasteiger partial charge in [-0.15, -0.1) is 0 Å². The second-order valence-corrected chi connectivity index (χ2v) is 4.09. The molecular weight excluding hydrogens is 226 g/mol. The Balaban J connectivity index is 0.000000606. The SMILES string of the molecule is CC.O=S([O-])N1CCCC1c1cncnc1. The Morgan fingerprint density at radius 3 is 2.62 bits per heavy atom. The van der Waals surface area contributed by atoms with E-state index in [-0.39, 0.29) is 6.04 Å².